The molecule has 1 aromatic rings. The number of rotatable bonds is 4. The highest BCUT2D eigenvalue weighted by molar-refractivity contribution is 6.02. The maximum absolute atomic E-state index is 8.95. The van der Waals surface area contributed by atoms with Crippen LogP contribution in [0.5, 0.6) is 0 Å². The quantitative estimate of drug-likeness (QED) is 0.384. The Balaban J connectivity index is 2.18. The van der Waals surface area contributed by atoms with Crippen molar-refractivity contribution in [3.8, 4) is 0 Å². The molecule has 0 spiro atoms. The van der Waals surface area contributed by atoms with Gasteiger partial charge in [-0.05, 0) is 37.8 Å². The SMILES string of the molecule is Cc1ccc(N(C)CC2CCCCC2)c(/C(N)=N/O)c1. The van der Waals surface area contributed by atoms with Crippen LogP contribution in [0.4, 0.5) is 5.69 Å². The second-order valence-corrected chi connectivity index (χ2v) is 5.89. The minimum absolute atomic E-state index is 0.180. The highest BCUT2D eigenvalue weighted by Crippen LogP contribution is 2.27. The zero-order valence-electron chi connectivity index (χ0n) is 12.5. The highest BCUT2D eigenvalue weighted by atomic mass is 16.4. The van der Waals surface area contributed by atoms with Gasteiger partial charge in [-0.2, -0.15) is 0 Å². The summed E-state index contributed by atoms with van der Waals surface area (Å²) in [5, 5.41) is 12.1. The summed E-state index contributed by atoms with van der Waals surface area (Å²) in [6, 6.07) is 6.11. The minimum atomic E-state index is 0.180. The van der Waals surface area contributed by atoms with Crippen LogP contribution in [0.25, 0.3) is 0 Å². The average Bonchev–Trinajstić information content (AvgIpc) is 2.47. The van der Waals surface area contributed by atoms with Crippen LogP contribution in [0.3, 0.4) is 0 Å². The smallest absolute Gasteiger partial charge is 0.172 e. The molecular formula is C16H25N3O. The first kappa shape index (κ1) is 14.7. The van der Waals surface area contributed by atoms with Crippen molar-refractivity contribution in [2.45, 2.75) is 39.0 Å². The van der Waals surface area contributed by atoms with Crippen LogP contribution in [-0.2, 0) is 0 Å². The van der Waals surface area contributed by atoms with E-state index in [1.807, 2.05) is 13.0 Å². The van der Waals surface area contributed by atoms with Gasteiger partial charge < -0.3 is 15.8 Å². The molecule has 0 heterocycles. The number of oxime groups is 1. The maximum atomic E-state index is 8.95. The van der Waals surface area contributed by atoms with Crippen LogP contribution in [-0.4, -0.2) is 24.6 Å². The first-order valence-corrected chi connectivity index (χ1v) is 7.41. The van der Waals surface area contributed by atoms with Crippen molar-refractivity contribution in [1.29, 1.82) is 0 Å². The van der Waals surface area contributed by atoms with Crippen LogP contribution in [0.15, 0.2) is 23.4 Å². The lowest BCUT2D eigenvalue weighted by atomic mass is 9.89. The minimum Gasteiger partial charge on any atom is -0.409 e. The topological polar surface area (TPSA) is 61.8 Å². The van der Waals surface area contributed by atoms with Gasteiger partial charge in [0.2, 0.25) is 0 Å². The van der Waals surface area contributed by atoms with Gasteiger partial charge in [0.25, 0.3) is 0 Å². The van der Waals surface area contributed by atoms with E-state index in [9.17, 15) is 0 Å². The second-order valence-electron chi connectivity index (χ2n) is 5.89. The van der Waals surface area contributed by atoms with Crippen molar-refractivity contribution < 1.29 is 5.21 Å². The Morgan fingerprint density at radius 3 is 2.70 bits per heavy atom. The van der Waals surface area contributed by atoms with Gasteiger partial charge in [0.05, 0.1) is 0 Å². The Hall–Kier alpha value is -1.71. The van der Waals surface area contributed by atoms with Crippen LogP contribution in [0.2, 0.25) is 0 Å². The lowest BCUT2D eigenvalue weighted by Crippen LogP contribution is -2.29. The number of benzene rings is 1. The Morgan fingerprint density at radius 1 is 1.35 bits per heavy atom. The number of aryl methyl sites for hydroxylation is 1. The summed E-state index contributed by atoms with van der Waals surface area (Å²) < 4.78 is 0. The highest BCUT2D eigenvalue weighted by Gasteiger charge is 2.18. The van der Waals surface area contributed by atoms with Gasteiger partial charge in [-0.25, -0.2) is 0 Å². The predicted octanol–water partition coefficient (Wildman–Crippen LogP) is 3.11. The Kier molecular flexibility index (Phi) is 4.88. The number of hydrogen-bond donors (Lipinski definition) is 2. The maximum Gasteiger partial charge on any atom is 0.172 e. The van der Waals surface area contributed by atoms with Crippen LogP contribution >= 0.6 is 0 Å². The third-order valence-electron chi connectivity index (χ3n) is 4.20. The molecule has 0 atom stereocenters. The molecule has 1 aliphatic carbocycles. The van der Waals surface area contributed by atoms with Gasteiger partial charge in [-0.15, -0.1) is 0 Å². The molecule has 20 heavy (non-hydrogen) atoms. The van der Waals surface area contributed by atoms with Crippen molar-refractivity contribution in [2.75, 3.05) is 18.5 Å². The van der Waals surface area contributed by atoms with E-state index in [0.717, 1.165) is 29.3 Å². The first-order valence-electron chi connectivity index (χ1n) is 7.41. The molecule has 0 saturated heterocycles. The van der Waals surface area contributed by atoms with E-state index in [1.165, 1.54) is 32.1 Å². The molecule has 0 aliphatic heterocycles. The average molecular weight is 275 g/mol. The third-order valence-corrected chi connectivity index (χ3v) is 4.20. The van der Waals surface area contributed by atoms with E-state index >= 15 is 0 Å². The monoisotopic (exact) mass is 275 g/mol. The number of hydrogen-bond acceptors (Lipinski definition) is 3. The van der Waals surface area contributed by atoms with E-state index in [1.54, 1.807) is 0 Å². The lowest BCUT2D eigenvalue weighted by Gasteiger charge is -2.29. The summed E-state index contributed by atoms with van der Waals surface area (Å²) in [7, 11) is 2.09. The molecule has 4 nitrogen and oxygen atoms in total. The Bertz CT molecular complexity index is 479. The Morgan fingerprint density at radius 2 is 2.05 bits per heavy atom. The van der Waals surface area contributed by atoms with Crippen molar-refractivity contribution in [2.24, 2.45) is 16.8 Å². The summed E-state index contributed by atoms with van der Waals surface area (Å²) in [4.78, 5) is 2.24. The lowest BCUT2D eigenvalue weighted by molar-refractivity contribution is 0.318. The van der Waals surface area contributed by atoms with Crippen molar-refractivity contribution in [3.05, 3.63) is 29.3 Å². The molecule has 4 heteroatoms. The summed E-state index contributed by atoms with van der Waals surface area (Å²) in [5.41, 5.74) is 8.77. The summed E-state index contributed by atoms with van der Waals surface area (Å²) in [5.74, 6) is 0.939. The molecule has 0 radical (unpaired) electrons. The van der Waals surface area contributed by atoms with Gasteiger partial charge in [0.15, 0.2) is 5.84 Å². The van der Waals surface area contributed by atoms with Crippen molar-refractivity contribution >= 4 is 11.5 Å². The zero-order chi connectivity index (χ0) is 14.5. The third kappa shape index (κ3) is 3.44. The van der Waals surface area contributed by atoms with Crippen molar-refractivity contribution in [3.63, 3.8) is 0 Å². The normalized spacial score (nSPS) is 17.2. The number of nitrogens with two attached hydrogens (primary N) is 1. The van der Waals surface area contributed by atoms with E-state index in [4.69, 9.17) is 10.9 Å². The molecule has 1 aromatic carbocycles. The van der Waals surface area contributed by atoms with Crippen LogP contribution < -0.4 is 10.6 Å². The van der Waals surface area contributed by atoms with E-state index in [0.29, 0.717) is 0 Å². The summed E-state index contributed by atoms with van der Waals surface area (Å²) >= 11 is 0. The van der Waals surface area contributed by atoms with Gasteiger partial charge in [0.1, 0.15) is 0 Å². The molecule has 1 saturated carbocycles. The number of anilines is 1. The standard InChI is InChI=1S/C16H25N3O/c1-12-8-9-15(14(10-12)16(17)18-20)19(2)11-13-6-4-3-5-7-13/h8-10,13,20H,3-7,11H2,1-2H3,(H2,17,18). The van der Waals surface area contributed by atoms with Gasteiger partial charge in [-0.1, -0.05) is 36.0 Å². The number of nitrogens with zero attached hydrogens (tertiary/aromatic N) is 2. The van der Waals surface area contributed by atoms with Crippen LogP contribution in [0.1, 0.15) is 43.2 Å². The molecular weight excluding hydrogens is 250 g/mol. The summed E-state index contributed by atoms with van der Waals surface area (Å²) in [6.07, 6.45) is 6.70. The van der Waals surface area contributed by atoms with E-state index < -0.39 is 0 Å². The van der Waals surface area contributed by atoms with E-state index in [-0.39, 0.29) is 5.84 Å². The molecule has 3 N–H and O–H groups in total. The fourth-order valence-corrected chi connectivity index (χ4v) is 3.10. The molecule has 0 unspecified atom stereocenters. The fourth-order valence-electron chi connectivity index (χ4n) is 3.10. The van der Waals surface area contributed by atoms with Crippen LogP contribution in [0, 0.1) is 12.8 Å². The molecule has 2 rings (SSSR count). The number of amidine groups is 1. The van der Waals surface area contributed by atoms with Crippen molar-refractivity contribution in [1.82, 2.24) is 0 Å². The van der Waals surface area contributed by atoms with E-state index in [2.05, 4.69) is 29.2 Å². The molecule has 110 valence electrons. The molecule has 0 bridgehead atoms. The molecule has 0 amide bonds. The first-order chi connectivity index (χ1) is 9.61. The fraction of sp³-hybridized carbons (Fsp3) is 0.562. The second kappa shape index (κ2) is 6.64. The zero-order valence-corrected chi connectivity index (χ0v) is 12.5. The summed E-state index contributed by atoms with van der Waals surface area (Å²) in [6.45, 7) is 3.05. The predicted molar refractivity (Wildman–Crippen MR) is 83.5 cm³/mol. The van der Waals surface area contributed by atoms with Gasteiger partial charge >= 0.3 is 0 Å². The molecule has 1 fully saturated rings. The van der Waals surface area contributed by atoms with Gasteiger partial charge in [-0.3, -0.25) is 0 Å². The van der Waals surface area contributed by atoms with Gasteiger partial charge in [0, 0.05) is 24.8 Å². The molecule has 1 aliphatic rings. The largest absolute Gasteiger partial charge is 0.409 e. The molecule has 0 aromatic heterocycles. The Labute approximate surface area is 121 Å².